The van der Waals surface area contributed by atoms with Crippen LogP contribution in [0.15, 0.2) is 29.3 Å². The van der Waals surface area contributed by atoms with Gasteiger partial charge in [0.1, 0.15) is 5.75 Å². The van der Waals surface area contributed by atoms with Gasteiger partial charge < -0.3 is 20.5 Å². The molecule has 27 heavy (non-hydrogen) atoms. The number of nitrogens with zero attached hydrogens (tertiary/aromatic N) is 2. The lowest BCUT2D eigenvalue weighted by atomic mass is 10.1. The molecule has 0 saturated carbocycles. The van der Waals surface area contributed by atoms with E-state index >= 15 is 0 Å². The smallest absolute Gasteiger partial charge is 0.191 e. The van der Waals surface area contributed by atoms with E-state index in [1.165, 1.54) is 18.4 Å². The molecule has 7 heteroatoms. The van der Waals surface area contributed by atoms with Gasteiger partial charge in [0.25, 0.3) is 0 Å². The van der Waals surface area contributed by atoms with Crippen LogP contribution in [0.4, 0.5) is 0 Å². The zero-order valence-corrected chi connectivity index (χ0v) is 19.1. The van der Waals surface area contributed by atoms with E-state index in [1.807, 2.05) is 13.0 Å². The van der Waals surface area contributed by atoms with Gasteiger partial charge >= 0.3 is 0 Å². The Morgan fingerprint density at radius 1 is 1.30 bits per heavy atom. The number of nitrogens with one attached hydrogen (secondary N) is 2. The van der Waals surface area contributed by atoms with Crippen LogP contribution in [0.25, 0.3) is 0 Å². The zero-order valence-electron chi connectivity index (χ0n) is 16.8. The van der Waals surface area contributed by atoms with Gasteiger partial charge in [-0.3, -0.25) is 9.89 Å². The van der Waals surface area contributed by atoms with E-state index in [2.05, 4.69) is 45.6 Å². The molecule has 1 aliphatic heterocycles. The third-order valence-electron chi connectivity index (χ3n) is 4.74. The number of aliphatic hydroxyl groups excluding tert-OH is 1. The molecule has 2 atom stereocenters. The highest BCUT2D eigenvalue weighted by molar-refractivity contribution is 14.0. The van der Waals surface area contributed by atoms with E-state index < -0.39 is 0 Å². The summed E-state index contributed by atoms with van der Waals surface area (Å²) in [5, 5.41) is 16.0. The Kier molecular flexibility index (Phi) is 11.7. The minimum absolute atomic E-state index is 0. The average Bonchev–Trinajstić information content (AvgIpc) is 3.20. The van der Waals surface area contributed by atoms with E-state index in [-0.39, 0.29) is 42.5 Å². The topological polar surface area (TPSA) is 69.1 Å². The first kappa shape index (κ1) is 24.0. The van der Waals surface area contributed by atoms with Crippen molar-refractivity contribution in [3.8, 4) is 5.75 Å². The zero-order chi connectivity index (χ0) is 18.8. The van der Waals surface area contributed by atoms with Gasteiger partial charge in [-0.2, -0.15) is 0 Å². The molecule has 0 aliphatic carbocycles. The van der Waals surface area contributed by atoms with Gasteiger partial charge in [0.05, 0.1) is 13.2 Å². The molecule has 6 nitrogen and oxygen atoms in total. The van der Waals surface area contributed by atoms with Crippen LogP contribution in [0.5, 0.6) is 5.75 Å². The number of likely N-dealkylation sites (tertiary alicyclic amines) is 1. The first-order valence-electron chi connectivity index (χ1n) is 9.69. The molecule has 1 aliphatic rings. The molecule has 0 radical (unpaired) electrons. The lowest BCUT2D eigenvalue weighted by molar-refractivity contribution is 0.240. The van der Waals surface area contributed by atoms with Gasteiger partial charge in [-0.25, -0.2) is 0 Å². The van der Waals surface area contributed by atoms with Gasteiger partial charge in [-0.15, -0.1) is 24.0 Å². The number of halogens is 1. The highest BCUT2D eigenvalue weighted by Gasteiger charge is 2.24. The molecule has 1 saturated heterocycles. The lowest BCUT2D eigenvalue weighted by Crippen LogP contribution is -2.43. The minimum Gasteiger partial charge on any atom is -0.497 e. The summed E-state index contributed by atoms with van der Waals surface area (Å²) >= 11 is 0. The molecule has 1 heterocycles. The number of benzene rings is 1. The molecule has 3 N–H and O–H groups in total. The van der Waals surface area contributed by atoms with Crippen molar-refractivity contribution in [2.24, 2.45) is 10.9 Å². The van der Waals surface area contributed by atoms with Crippen molar-refractivity contribution in [1.82, 2.24) is 15.5 Å². The maximum atomic E-state index is 9.21. The van der Waals surface area contributed by atoms with Gasteiger partial charge in [0.2, 0.25) is 0 Å². The fourth-order valence-electron chi connectivity index (χ4n) is 3.20. The Balaban J connectivity index is 0.00000364. The molecule has 1 aromatic carbocycles. The molecule has 2 rings (SSSR count). The van der Waals surface area contributed by atoms with Crippen LogP contribution in [0.1, 0.15) is 38.3 Å². The molecule has 0 bridgehead atoms. The van der Waals surface area contributed by atoms with E-state index in [9.17, 15) is 5.11 Å². The highest BCUT2D eigenvalue weighted by atomic mass is 127. The number of hydrogen-bond acceptors (Lipinski definition) is 4. The third-order valence-corrected chi connectivity index (χ3v) is 4.74. The second-order valence-corrected chi connectivity index (χ2v) is 6.92. The maximum absolute atomic E-state index is 9.21. The number of ether oxygens (including phenoxy) is 1. The second-order valence-electron chi connectivity index (χ2n) is 6.92. The summed E-state index contributed by atoms with van der Waals surface area (Å²) in [4.78, 5) is 7.13. The van der Waals surface area contributed by atoms with Crippen molar-refractivity contribution in [3.63, 3.8) is 0 Å². The SMILES string of the molecule is CCNC(=NCC(C)CO)NCC(c1cccc(OC)c1)N1CCCC1.I. The second kappa shape index (κ2) is 13.2. The summed E-state index contributed by atoms with van der Waals surface area (Å²) in [6.45, 7) is 8.67. The Labute approximate surface area is 180 Å². The van der Waals surface area contributed by atoms with Crippen LogP contribution in [0.3, 0.4) is 0 Å². The van der Waals surface area contributed by atoms with E-state index in [0.717, 1.165) is 37.9 Å². The van der Waals surface area contributed by atoms with Crippen molar-refractivity contribution in [2.45, 2.75) is 32.7 Å². The number of guanidine groups is 1. The maximum Gasteiger partial charge on any atom is 0.191 e. The van der Waals surface area contributed by atoms with Gasteiger partial charge in [0.15, 0.2) is 5.96 Å². The van der Waals surface area contributed by atoms with Crippen LogP contribution in [-0.2, 0) is 0 Å². The van der Waals surface area contributed by atoms with E-state index in [4.69, 9.17) is 4.74 Å². The Bertz CT molecular complexity index is 565. The first-order valence-corrected chi connectivity index (χ1v) is 9.69. The van der Waals surface area contributed by atoms with Gasteiger partial charge in [-0.05, 0) is 56.5 Å². The standard InChI is InChI=1S/C20H34N4O2.HI/c1-4-21-20(22-13-16(2)15-25)23-14-19(24-10-5-6-11-24)17-8-7-9-18(12-17)26-3;/h7-9,12,16,19,25H,4-6,10-11,13-15H2,1-3H3,(H2,21,22,23);1H. The third kappa shape index (κ3) is 7.83. The van der Waals surface area contributed by atoms with Crippen molar-refractivity contribution in [3.05, 3.63) is 29.8 Å². The number of methoxy groups -OCH3 is 1. The molecule has 154 valence electrons. The molecule has 0 amide bonds. The summed E-state index contributed by atoms with van der Waals surface area (Å²) in [6.07, 6.45) is 2.51. The summed E-state index contributed by atoms with van der Waals surface area (Å²) in [5.74, 6) is 1.86. The Morgan fingerprint density at radius 3 is 2.67 bits per heavy atom. The lowest BCUT2D eigenvalue weighted by Gasteiger charge is -2.29. The molecule has 0 spiro atoms. The number of aliphatic imine (C=N–C) groups is 1. The summed E-state index contributed by atoms with van der Waals surface area (Å²) in [6, 6.07) is 8.62. The predicted octanol–water partition coefficient (Wildman–Crippen LogP) is 2.63. The minimum atomic E-state index is 0. The fraction of sp³-hybridized carbons (Fsp3) is 0.650. The Hall–Kier alpha value is -1.06. The van der Waals surface area contributed by atoms with Crippen molar-refractivity contribution in [1.29, 1.82) is 0 Å². The molecule has 1 aromatic rings. The van der Waals surface area contributed by atoms with Crippen molar-refractivity contribution >= 4 is 29.9 Å². The van der Waals surface area contributed by atoms with Crippen LogP contribution < -0.4 is 15.4 Å². The number of aliphatic hydroxyl groups is 1. The van der Waals surface area contributed by atoms with Crippen molar-refractivity contribution in [2.75, 3.05) is 46.4 Å². The van der Waals surface area contributed by atoms with Gasteiger partial charge in [0, 0.05) is 26.2 Å². The highest BCUT2D eigenvalue weighted by Crippen LogP contribution is 2.27. The quantitative estimate of drug-likeness (QED) is 0.282. The predicted molar refractivity (Wildman–Crippen MR) is 122 cm³/mol. The fourth-order valence-corrected chi connectivity index (χ4v) is 3.20. The summed E-state index contributed by atoms with van der Waals surface area (Å²) in [5.41, 5.74) is 1.26. The molecular formula is C20H35IN4O2. The van der Waals surface area contributed by atoms with Crippen LogP contribution in [0.2, 0.25) is 0 Å². The Morgan fingerprint density at radius 2 is 2.04 bits per heavy atom. The summed E-state index contributed by atoms with van der Waals surface area (Å²) < 4.78 is 5.41. The molecule has 0 aromatic heterocycles. The van der Waals surface area contributed by atoms with Crippen molar-refractivity contribution < 1.29 is 9.84 Å². The van der Waals surface area contributed by atoms with Crippen LogP contribution >= 0.6 is 24.0 Å². The number of rotatable bonds is 9. The average molecular weight is 490 g/mol. The molecule has 1 fully saturated rings. The van der Waals surface area contributed by atoms with E-state index in [1.54, 1.807) is 7.11 Å². The largest absolute Gasteiger partial charge is 0.497 e. The van der Waals surface area contributed by atoms with E-state index in [0.29, 0.717) is 6.54 Å². The van der Waals surface area contributed by atoms with Gasteiger partial charge in [-0.1, -0.05) is 19.1 Å². The summed E-state index contributed by atoms with van der Waals surface area (Å²) in [7, 11) is 1.71. The number of hydrogen-bond donors (Lipinski definition) is 3. The monoisotopic (exact) mass is 490 g/mol. The normalized spacial score (nSPS) is 17.1. The molecular weight excluding hydrogens is 455 g/mol. The van der Waals surface area contributed by atoms with Crippen LogP contribution in [0, 0.1) is 5.92 Å². The molecule has 2 unspecified atom stereocenters. The van der Waals surface area contributed by atoms with Crippen LogP contribution in [-0.4, -0.2) is 62.4 Å². The first-order chi connectivity index (χ1) is 12.7.